The molecular weight excluding hydrogens is 302 g/mol. The van der Waals surface area contributed by atoms with Gasteiger partial charge in [-0.05, 0) is 24.4 Å². The first-order chi connectivity index (χ1) is 10.8. The molecule has 0 unspecified atom stereocenters. The lowest BCUT2D eigenvalue weighted by atomic mass is 10.3. The largest absolute Gasteiger partial charge is 0.360 e. The molecule has 0 saturated heterocycles. The summed E-state index contributed by atoms with van der Waals surface area (Å²) in [6.45, 7) is 2.88. The maximum Gasteiger partial charge on any atom is 0.276 e. The van der Waals surface area contributed by atoms with Crippen molar-refractivity contribution in [3.63, 3.8) is 0 Å². The SMILES string of the molecule is CCOCn1cc(NC(=O)c2cc(-c3cccs3)[nH]n2)cn1. The van der Waals surface area contributed by atoms with Crippen LogP contribution in [0, 0.1) is 0 Å². The second-order valence-corrected chi connectivity index (χ2v) is 5.44. The van der Waals surface area contributed by atoms with Gasteiger partial charge in [0, 0.05) is 6.61 Å². The van der Waals surface area contributed by atoms with Crippen LogP contribution in [0.25, 0.3) is 10.6 Å². The van der Waals surface area contributed by atoms with E-state index in [0.29, 0.717) is 24.7 Å². The fourth-order valence-electron chi connectivity index (χ4n) is 1.87. The normalized spacial score (nSPS) is 10.8. The van der Waals surface area contributed by atoms with Crippen molar-refractivity contribution in [2.24, 2.45) is 0 Å². The van der Waals surface area contributed by atoms with Crippen molar-refractivity contribution in [1.29, 1.82) is 0 Å². The molecule has 0 aliphatic rings. The number of thiophene rings is 1. The molecule has 0 spiro atoms. The monoisotopic (exact) mass is 317 g/mol. The molecule has 3 rings (SSSR count). The van der Waals surface area contributed by atoms with Gasteiger partial charge in [0.25, 0.3) is 5.91 Å². The molecule has 0 aromatic carbocycles. The summed E-state index contributed by atoms with van der Waals surface area (Å²) in [5.74, 6) is -0.282. The Labute approximate surface area is 130 Å². The molecule has 2 N–H and O–H groups in total. The zero-order valence-electron chi connectivity index (χ0n) is 11.9. The van der Waals surface area contributed by atoms with E-state index in [9.17, 15) is 4.79 Å². The third kappa shape index (κ3) is 3.23. The van der Waals surface area contributed by atoms with Gasteiger partial charge in [-0.1, -0.05) is 6.07 Å². The Morgan fingerprint density at radius 3 is 3.23 bits per heavy atom. The third-order valence-electron chi connectivity index (χ3n) is 2.92. The van der Waals surface area contributed by atoms with E-state index in [1.54, 1.807) is 34.5 Å². The number of ether oxygens (including phenoxy) is 1. The number of aromatic amines is 1. The van der Waals surface area contributed by atoms with Crippen LogP contribution in [0.1, 0.15) is 17.4 Å². The molecule has 7 nitrogen and oxygen atoms in total. The van der Waals surface area contributed by atoms with Gasteiger partial charge in [0.2, 0.25) is 0 Å². The van der Waals surface area contributed by atoms with Crippen LogP contribution in [0.15, 0.2) is 36.0 Å². The topological polar surface area (TPSA) is 84.8 Å². The lowest BCUT2D eigenvalue weighted by molar-refractivity contribution is 0.0792. The molecule has 3 heterocycles. The zero-order valence-corrected chi connectivity index (χ0v) is 12.8. The molecular formula is C14H15N5O2S. The average Bonchev–Trinajstić information content (AvgIpc) is 3.25. The van der Waals surface area contributed by atoms with E-state index in [2.05, 4.69) is 20.6 Å². The van der Waals surface area contributed by atoms with Crippen LogP contribution in [0.4, 0.5) is 5.69 Å². The first kappa shape index (κ1) is 14.5. The van der Waals surface area contributed by atoms with Crippen LogP contribution in [0.5, 0.6) is 0 Å². The average molecular weight is 317 g/mol. The van der Waals surface area contributed by atoms with Gasteiger partial charge in [-0.25, -0.2) is 4.68 Å². The van der Waals surface area contributed by atoms with E-state index >= 15 is 0 Å². The Hall–Kier alpha value is -2.45. The molecule has 0 aliphatic heterocycles. The van der Waals surface area contributed by atoms with Crippen molar-refractivity contribution >= 4 is 22.9 Å². The lowest BCUT2D eigenvalue weighted by Crippen LogP contribution is -2.12. The molecule has 0 atom stereocenters. The number of hydrogen-bond donors (Lipinski definition) is 2. The van der Waals surface area contributed by atoms with Gasteiger partial charge >= 0.3 is 0 Å². The van der Waals surface area contributed by atoms with Crippen molar-refractivity contribution in [2.75, 3.05) is 11.9 Å². The first-order valence-corrected chi connectivity index (χ1v) is 7.65. The molecule has 0 bridgehead atoms. The number of amides is 1. The Morgan fingerprint density at radius 1 is 1.55 bits per heavy atom. The van der Waals surface area contributed by atoms with Crippen LogP contribution < -0.4 is 5.32 Å². The summed E-state index contributed by atoms with van der Waals surface area (Å²) in [5, 5.41) is 15.7. The minimum Gasteiger partial charge on any atom is -0.360 e. The molecule has 1 amide bonds. The Morgan fingerprint density at radius 2 is 2.45 bits per heavy atom. The van der Waals surface area contributed by atoms with Crippen LogP contribution >= 0.6 is 11.3 Å². The number of rotatable bonds is 6. The van der Waals surface area contributed by atoms with E-state index < -0.39 is 0 Å². The highest BCUT2D eigenvalue weighted by Gasteiger charge is 2.13. The Kier molecular flexibility index (Phi) is 4.31. The highest BCUT2D eigenvalue weighted by Crippen LogP contribution is 2.23. The summed E-state index contributed by atoms with van der Waals surface area (Å²) < 4.78 is 6.85. The predicted octanol–water partition coefficient (Wildman–Crippen LogP) is 2.58. The van der Waals surface area contributed by atoms with Gasteiger partial charge in [-0.15, -0.1) is 11.3 Å². The maximum absolute atomic E-state index is 12.2. The smallest absolute Gasteiger partial charge is 0.276 e. The third-order valence-corrected chi connectivity index (χ3v) is 3.82. The number of aromatic nitrogens is 4. The molecule has 8 heteroatoms. The van der Waals surface area contributed by atoms with E-state index in [0.717, 1.165) is 10.6 Å². The van der Waals surface area contributed by atoms with Gasteiger partial charge in [0.05, 0.1) is 28.7 Å². The number of anilines is 1. The van der Waals surface area contributed by atoms with Gasteiger partial charge in [-0.2, -0.15) is 10.2 Å². The minimum atomic E-state index is -0.282. The Balaban J connectivity index is 1.65. The summed E-state index contributed by atoms with van der Waals surface area (Å²) >= 11 is 1.59. The fourth-order valence-corrected chi connectivity index (χ4v) is 2.57. The number of carbonyl (C=O) groups is 1. The summed E-state index contributed by atoms with van der Waals surface area (Å²) in [7, 11) is 0. The van der Waals surface area contributed by atoms with Crippen LogP contribution in [0.3, 0.4) is 0 Å². The van der Waals surface area contributed by atoms with Crippen molar-refractivity contribution in [3.05, 3.63) is 41.7 Å². The first-order valence-electron chi connectivity index (χ1n) is 6.77. The van der Waals surface area contributed by atoms with Crippen LogP contribution in [-0.2, 0) is 11.5 Å². The molecule has 0 aliphatic carbocycles. The van der Waals surface area contributed by atoms with E-state index in [1.165, 1.54) is 0 Å². The molecule has 0 radical (unpaired) electrons. The highest BCUT2D eigenvalue weighted by molar-refractivity contribution is 7.13. The summed E-state index contributed by atoms with van der Waals surface area (Å²) in [6.07, 6.45) is 3.28. The molecule has 3 aromatic heterocycles. The summed E-state index contributed by atoms with van der Waals surface area (Å²) in [5.41, 5.74) is 1.76. The van der Waals surface area contributed by atoms with Gasteiger partial charge in [-0.3, -0.25) is 9.89 Å². The predicted molar refractivity (Wildman–Crippen MR) is 83.7 cm³/mol. The van der Waals surface area contributed by atoms with Crippen LogP contribution in [0.2, 0.25) is 0 Å². The molecule has 22 heavy (non-hydrogen) atoms. The van der Waals surface area contributed by atoms with Crippen molar-refractivity contribution in [2.45, 2.75) is 13.7 Å². The van der Waals surface area contributed by atoms with E-state index in [-0.39, 0.29) is 5.91 Å². The van der Waals surface area contributed by atoms with Gasteiger partial charge < -0.3 is 10.1 Å². The number of H-pyrrole nitrogens is 1. The summed E-state index contributed by atoms with van der Waals surface area (Å²) in [6, 6.07) is 5.65. The van der Waals surface area contributed by atoms with Gasteiger partial charge in [0.15, 0.2) is 5.69 Å². The fraction of sp³-hybridized carbons (Fsp3) is 0.214. The van der Waals surface area contributed by atoms with E-state index in [1.807, 2.05) is 24.4 Å². The Bertz CT molecular complexity index is 747. The molecule has 114 valence electrons. The number of hydrogen-bond acceptors (Lipinski definition) is 5. The standard InChI is InChI=1S/C14H15N5O2S/c1-2-21-9-19-8-10(7-15-19)16-14(20)12-6-11(17-18-12)13-4-3-5-22-13/h3-8H,2,9H2,1H3,(H,16,20)(H,17,18). The lowest BCUT2D eigenvalue weighted by Gasteiger charge is -2.00. The minimum absolute atomic E-state index is 0.282. The zero-order chi connectivity index (χ0) is 15.4. The second kappa shape index (κ2) is 6.54. The summed E-state index contributed by atoms with van der Waals surface area (Å²) in [4.78, 5) is 13.2. The second-order valence-electron chi connectivity index (χ2n) is 4.49. The van der Waals surface area contributed by atoms with Crippen molar-refractivity contribution in [1.82, 2.24) is 20.0 Å². The van der Waals surface area contributed by atoms with E-state index in [4.69, 9.17) is 4.74 Å². The number of carbonyl (C=O) groups excluding carboxylic acids is 1. The van der Waals surface area contributed by atoms with Crippen molar-refractivity contribution < 1.29 is 9.53 Å². The maximum atomic E-state index is 12.2. The number of nitrogens with one attached hydrogen (secondary N) is 2. The molecule has 0 saturated carbocycles. The molecule has 0 fully saturated rings. The van der Waals surface area contributed by atoms with Crippen molar-refractivity contribution in [3.8, 4) is 10.6 Å². The highest BCUT2D eigenvalue weighted by atomic mass is 32.1. The quantitative estimate of drug-likeness (QED) is 0.732. The van der Waals surface area contributed by atoms with Gasteiger partial charge in [0.1, 0.15) is 6.73 Å². The molecule has 3 aromatic rings. The number of nitrogens with zero attached hydrogens (tertiary/aromatic N) is 3. The van der Waals surface area contributed by atoms with Crippen LogP contribution in [-0.4, -0.2) is 32.5 Å².